The van der Waals surface area contributed by atoms with Gasteiger partial charge in [-0.15, -0.1) is 0 Å². The van der Waals surface area contributed by atoms with Crippen LogP contribution in [0.2, 0.25) is 0 Å². The van der Waals surface area contributed by atoms with Crippen LogP contribution in [0.1, 0.15) is 25.3 Å². The molecule has 1 aromatic heterocycles. The number of rotatable bonds is 6. The van der Waals surface area contributed by atoms with Gasteiger partial charge in [0.15, 0.2) is 11.5 Å². The number of carbonyl (C=O) groups excluding carboxylic acids is 1. The van der Waals surface area contributed by atoms with Gasteiger partial charge < -0.3 is 24.7 Å². The molecule has 0 saturated carbocycles. The number of para-hydroxylation sites is 1. The third-order valence-electron chi connectivity index (χ3n) is 6.59. The molecule has 2 aliphatic heterocycles. The fourth-order valence-corrected chi connectivity index (χ4v) is 4.83. The Hall–Kier alpha value is -3.52. The number of urea groups is 1. The van der Waals surface area contributed by atoms with Crippen molar-refractivity contribution >= 4 is 22.6 Å². The first-order valence-electron chi connectivity index (χ1n) is 11.9. The van der Waals surface area contributed by atoms with Crippen molar-refractivity contribution in [2.75, 3.05) is 38.2 Å². The van der Waals surface area contributed by atoms with Crippen molar-refractivity contribution in [2.24, 2.45) is 0 Å². The maximum Gasteiger partial charge on any atom is 0.322 e. The number of hydrogen-bond acceptors (Lipinski definition) is 5. The van der Waals surface area contributed by atoms with Crippen molar-refractivity contribution in [3.63, 3.8) is 0 Å². The van der Waals surface area contributed by atoms with Crippen molar-refractivity contribution in [1.29, 1.82) is 0 Å². The number of pyridine rings is 1. The largest absolute Gasteiger partial charge is 0.486 e. The SMILES string of the molecule is CCN1CCC[C@@H]1CN(Cc1cc2cc3c(cc2[nH]c1=O)OCCO3)C(=O)Nc1ccccc1. The molecule has 2 amide bonds. The summed E-state index contributed by atoms with van der Waals surface area (Å²) < 4.78 is 11.3. The van der Waals surface area contributed by atoms with E-state index in [1.165, 1.54) is 0 Å². The van der Waals surface area contributed by atoms with E-state index in [0.29, 0.717) is 42.3 Å². The lowest BCUT2D eigenvalue weighted by Gasteiger charge is -2.30. The van der Waals surface area contributed by atoms with Gasteiger partial charge in [0.25, 0.3) is 5.56 Å². The number of carbonyl (C=O) groups is 1. The summed E-state index contributed by atoms with van der Waals surface area (Å²) in [6, 6.07) is 15.0. The van der Waals surface area contributed by atoms with E-state index < -0.39 is 0 Å². The zero-order valence-electron chi connectivity index (χ0n) is 19.4. The number of ether oxygens (including phenoxy) is 2. The van der Waals surface area contributed by atoms with Crippen LogP contribution in [0, 0.1) is 0 Å². The predicted molar refractivity (Wildman–Crippen MR) is 132 cm³/mol. The fraction of sp³-hybridized carbons (Fsp3) is 0.385. The fourth-order valence-electron chi connectivity index (χ4n) is 4.83. The zero-order valence-corrected chi connectivity index (χ0v) is 19.4. The molecule has 8 nitrogen and oxygen atoms in total. The average Bonchev–Trinajstić information content (AvgIpc) is 3.30. The number of likely N-dealkylation sites (tertiary alicyclic amines) is 1. The number of H-pyrrole nitrogens is 1. The van der Waals surface area contributed by atoms with Gasteiger partial charge in [0.2, 0.25) is 0 Å². The van der Waals surface area contributed by atoms with Crippen LogP contribution >= 0.6 is 0 Å². The van der Waals surface area contributed by atoms with E-state index in [2.05, 4.69) is 22.1 Å². The number of hydrogen-bond donors (Lipinski definition) is 2. The molecule has 3 heterocycles. The first-order valence-corrected chi connectivity index (χ1v) is 11.9. The number of anilines is 1. The van der Waals surface area contributed by atoms with E-state index in [0.717, 1.165) is 37.0 Å². The first-order chi connectivity index (χ1) is 16.6. The number of nitrogens with one attached hydrogen (secondary N) is 2. The summed E-state index contributed by atoms with van der Waals surface area (Å²) >= 11 is 0. The Morgan fingerprint density at radius 1 is 1.15 bits per heavy atom. The molecule has 0 unspecified atom stereocenters. The molecule has 0 aliphatic carbocycles. The van der Waals surface area contributed by atoms with Crippen molar-refractivity contribution in [3.05, 3.63) is 64.4 Å². The van der Waals surface area contributed by atoms with E-state index in [1.54, 1.807) is 11.0 Å². The predicted octanol–water partition coefficient (Wildman–Crippen LogP) is 3.82. The van der Waals surface area contributed by atoms with E-state index in [4.69, 9.17) is 9.47 Å². The van der Waals surface area contributed by atoms with Gasteiger partial charge in [0, 0.05) is 35.3 Å². The van der Waals surface area contributed by atoms with Crippen LogP contribution in [0.25, 0.3) is 10.9 Å². The minimum atomic E-state index is -0.212. The van der Waals surface area contributed by atoms with E-state index in [9.17, 15) is 9.59 Å². The number of aromatic nitrogens is 1. The highest BCUT2D eigenvalue weighted by Crippen LogP contribution is 2.33. The lowest BCUT2D eigenvalue weighted by atomic mass is 10.1. The number of benzene rings is 2. The molecule has 2 aromatic carbocycles. The van der Waals surface area contributed by atoms with E-state index in [-0.39, 0.29) is 24.2 Å². The van der Waals surface area contributed by atoms with Gasteiger partial charge in [0.1, 0.15) is 13.2 Å². The zero-order chi connectivity index (χ0) is 23.5. The summed E-state index contributed by atoms with van der Waals surface area (Å²) in [7, 11) is 0. The molecule has 1 saturated heterocycles. The Balaban J connectivity index is 1.43. The Morgan fingerprint density at radius 2 is 1.91 bits per heavy atom. The second-order valence-corrected chi connectivity index (χ2v) is 8.81. The Kier molecular flexibility index (Phi) is 6.40. The van der Waals surface area contributed by atoms with Crippen LogP contribution in [0.15, 0.2) is 53.3 Å². The summed E-state index contributed by atoms with van der Waals surface area (Å²) in [6.45, 7) is 5.89. The van der Waals surface area contributed by atoms with Crippen LogP contribution in [-0.4, -0.2) is 59.7 Å². The van der Waals surface area contributed by atoms with Gasteiger partial charge in [-0.1, -0.05) is 25.1 Å². The normalized spacial score (nSPS) is 17.6. The van der Waals surface area contributed by atoms with Gasteiger partial charge in [-0.2, -0.15) is 0 Å². The summed E-state index contributed by atoms with van der Waals surface area (Å²) in [5, 5.41) is 3.83. The molecule has 178 valence electrons. The number of nitrogens with zero attached hydrogens (tertiary/aromatic N) is 2. The van der Waals surface area contributed by atoms with Crippen LogP contribution in [-0.2, 0) is 6.54 Å². The average molecular weight is 463 g/mol. The maximum atomic E-state index is 13.3. The van der Waals surface area contributed by atoms with Gasteiger partial charge in [0.05, 0.1) is 12.1 Å². The minimum Gasteiger partial charge on any atom is -0.486 e. The Labute approximate surface area is 198 Å². The summed E-state index contributed by atoms with van der Waals surface area (Å²) in [5.41, 5.74) is 1.74. The van der Waals surface area contributed by atoms with Crippen LogP contribution < -0.4 is 20.3 Å². The van der Waals surface area contributed by atoms with Gasteiger partial charge in [-0.3, -0.25) is 9.69 Å². The number of likely N-dealkylation sites (N-methyl/N-ethyl adjacent to an activating group) is 1. The molecule has 0 radical (unpaired) electrons. The molecular formula is C26H30N4O4. The molecule has 5 rings (SSSR count). The third kappa shape index (κ3) is 4.72. The molecule has 1 atom stereocenters. The van der Waals surface area contributed by atoms with Crippen molar-refractivity contribution < 1.29 is 14.3 Å². The lowest BCUT2D eigenvalue weighted by molar-refractivity contribution is 0.172. The first kappa shape index (κ1) is 22.3. The Bertz CT molecular complexity index is 1230. The monoisotopic (exact) mass is 462 g/mol. The summed E-state index contributed by atoms with van der Waals surface area (Å²) in [5.74, 6) is 1.30. The second kappa shape index (κ2) is 9.77. The molecule has 0 bridgehead atoms. The second-order valence-electron chi connectivity index (χ2n) is 8.81. The quantitative estimate of drug-likeness (QED) is 0.582. The van der Waals surface area contributed by atoms with Gasteiger partial charge >= 0.3 is 6.03 Å². The van der Waals surface area contributed by atoms with Gasteiger partial charge in [-0.25, -0.2) is 4.79 Å². The third-order valence-corrected chi connectivity index (χ3v) is 6.59. The van der Waals surface area contributed by atoms with Crippen LogP contribution in [0.5, 0.6) is 11.5 Å². The molecule has 8 heteroatoms. The summed E-state index contributed by atoms with van der Waals surface area (Å²) in [4.78, 5) is 33.4. The standard InChI is InChI=1S/C26H30N4O4/c1-2-29-10-6-9-21(29)17-30(26(32)27-20-7-4-3-5-8-20)16-19-13-18-14-23-24(34-12-11-33-23)15-22(18)28-25(19)31/h3-5,7-8,13-15,21H,2,6,9-12,16-17H2,1H3,(H,27,32)(H,28,31)/t21-/m1/s1. The number of aromatic amines is 1. The van der Waals surface area contributed by atoms with E-state index >= 15 is 0 Å². The smallest absolute Gasteiger partial charge is 0.322 e. The number of amides is 2. The minimum absolute atomic E-state index is 0.208. The molecule has 2 aliphatic rings. The highest BCUT2D eigenvalue weighted by atomic mass is 16.6. The highest BCUT2D eigenvalue weighted by molar-refractivity contribution is 5.89. The Morgan fingerprint density at radius 3 is 2.68 bits per heavy atom. The lowest BCUT2D eigenvalue weighted by Crippen LogP contribution is -2.45. The van der Waals surface area contributed by atoms with Crippen molar-refractivity contribution in [2.45, 2.75) is 32.4 Å². The molecule has 3 aromatic rings. The molecule has 2 N–H and O–H groups in total. The summed E-state index contributed by atoms with van der Waals surface area (Å²) in [6.07, 6.45) is 2.16. The highest BCUT2D eigenvalue weighted by Gasteiger charge is 2.28. The molecule has 0 spiro atoms. The van der Waals surface area contributed by atoms with Crippen molar-refractivity contribution in [3.8, 4) is 11.5 Å². The molecular weight excluding hydrogens is 432 g/mol. The molecule has 34 heavy (non-hydrogen) atoms. The van der Waals surface area contributed by atoms with E-state index in [1.807, 2.05) is 42.5 Å². The van der Waals surface area contributed by atoms with Crippen LogP contribution in [0.4, 0.5) is 10.5 Å². The number of fused-ring (bicyclic) bond motifs is 2. The maximum absolute atomic E-state index is 13.3. The van der Waals surface area contributed by atoms with Crippen molar-refractivity contribution in [1.82, 2.24) is 14.8 Å². The van der Waals surface area contributed by atoms with Crippen LogP contribution in [0.3, 0.4) is 0 Å². The topological polar surface area (TPSA) is 86.9 Å². The van der Waals surface area contributed by atoms with Gasteiger partial charge in [-0.05, 0) is 50.2 Å². The molecule has 1 fully saturated rings.